The Labute approximate surface area is 142 Å². The minimum atomic E-state index is -4.35. The van der Waals surface area contributed by atoms with E-state index in [1.165, 1.54) is 6.07 Å². The first-order chi connectivity index (χ1) is 11.4. The van der Waals surface area contributed by atoms with Crippen molar-refractivity contribution in [3.05, 3.63) is 52.9 Å². The number of halogens is 4. The molecule has 4 nitrogen and oxygen atoms in total. The number of piperazine rings is 1. The average molecular weight is 357 g/mol. The first-order valence-electron chi connectivity index (χ1n) is 7.53. The highest BCUT2D eigenvalue weighted by Crippen LogP contribution is 2.29. The van der Waals surface area contributed by atoms with Gasteiger partial charge in [0.2, 0.25) is 0 Å². The lowest BCUT2D eigenvalue weighted by atomic mass is 10.2. The Bertz CT molecular complexity index is 665. The molecule has 2 aromatic rings. The van der Waals surface area contributed by atoms with Crippen molar-refractivity contribution in [3.63, 3.8) is 0 Å². The molecule has 24 heavy (non-hydrogen) atoms. The Balaban J connectivity index is 1.56. The predicted molar refractivity (Wildman–Crippen MR) is 86.0 cm³/mol. The third-order valence-corrected chi connectivity index (χ3v) is 4.19. The molecule has 0 spiro atoms. The van der Waals surface area contributed by atoms with Gasteiger partial charge in [0.05, 0.1) is 5.56 Å². The zero-order valence-electron chi connectivity index (χ0n) is 12.8. The number of rotatable bonds is 3. The predicted octanol–water partition coefficient (Wildman–Crippen LogP) is 3.47. The zero-order valence-corrected chi connectivity index (χ0v) is 13.6. The average Bonchev–Trinajstić information content (AvgIpc) is 2.57. The van der Waals surface area contributed by atoms with Crippen LogP contribution < -0.4 is 4.90 Å². The lowest BCUT2D eigenvalue weighted by Gasteiger charge is -2.35. The lowest BCUT2D eigenvalue weighted by Crippen LogP contribution is -2.46. The molecule has 3 heterocycles. The fourth-order valence-corrected chi connectivity index (χ4v) is 2.75. The molecular weight excluding hydrogens is 341 g/mol. The Morgan fingerprint density at radius 1 is 0.958 bits per heavy atom. The van der Waals surface area contributed by atoms with Crippen LogP contribution in [0.25, 0.3) is 0 Å². The molecular formula is C16H16ClF3N4. The van der Waals surface area contributed by atoms with E-state index in [1.807, 2.05) is 11.0 Å². The molecule has 1 saturated heterocycles. The fourth-order valence-electron chi connectivity index (χ4n) is 2.63. The summed E-state index contributed by atoms with van der Waals surface area (Å²) in [5, 5.41) is 0.469. The van der Waals surface area contributed by atoms with E-state index in [2.05, 4.69) is 14.9 Å². The lowest BCUT2D eigenvalue weighted by molar-refractivity contribution is -0.137. The number of hydrogen-bond donors (Lipinski definition) is 0. The molecule has 2 aromatic heterocycles. The summed E-state index contributed by atoms with van der Waals surface area (Å²) in [5.41, 5.74) is 0.362. The molecule has 3 rings (SSSR count). The molecule has 0 saturated carbocycles. The van der Waals surface area contributed by atoms with Gasteiger partial charge < -0.3 is 4.90 Å². The fraction of sp³-hybridized carbons (Fsp3) is 0.375. The van der Waals surface area contributed by atoms with Gasteiger partial charge in [0, 0.05) is 45.1 Å². The maximum absolute atomic E-state index is 12.6. The van der Waals surface area contributed by atoms with E-state index in [9.17, 15) is 13.2 Å². The van der Waals surface area contributed by atoms with E-state index < -0.39 is 11.7 Å². The molecule has 0 amide bonds. The second kappa shape index (κ2) is 6.94. The smallest absolute Gasteiger partial charge is 0.354 e. The Morgan fingerprint density at radius 2 is 1.71 bits per heavy atom. The molecule has 1 aliphatic rings. The van der Waals surface area contributed by atoms with Crippen molar-refractivity contribution in [2.24, 2.45) is 0 Å². The molecule has 0 unspecified atom stereocenters. The highest BCUT2D eigenvalue weighted by molar-refractivity contribution is 6.29. The molecule has 8 heteroatoms. The number of aromatic nitrogens is 2. The highest BCUT2D eigenvalue weighted by atomic mass is 35.5. The van der Waals surface area contributed by atoms with Gasteiger partial charge in [0.15, 0.2) is 0 Å². The van der Waals surface area contributed by atoms with Crippen molar-refractivity contribution >= 4 is 17.4 Å². The quantitative estimate of drug-likeness (QED) is 0.788. The minimum absolute atomic E-state index is 0.469. The van der Waals surface area contributed by atoms with Crippen LogP contribution in [-0.2, 0) is 12.7 Å². The van der Waals surface area contributed by atoms with Gasteiger partial charge in [-0.1, -0.05) is 17.7 Å². The van der Waals surface area contributed by atoms with Crippen molar-refractivity contribution in [1.29, 1.82) is 0 Å². The van der Waals surface area contributed by atoms with Crippen LogP contribution >= 0.6 is 11.6 Å². The molecule has 0 bridgehead atoms. The molecule has 1 fully saturated rings. The molecule has 0 N–H and O–H groups in total. The normalized spacial score (nSPS) is 16.4. The van der Waals surface area contributed by atoms with Gasteiger partial charge in [-0.25, -0.2) is 9.97 Å². The topological polar surface area (TPSA) is 32.3 Å². The SMILES string of the molecule is FC(F)(F)c1ccc(N2CCN(Cc3ccc(Cl)nc3)CC2)nc1. The summed E-state index contributed by atoms with van der Waals surface area (Å²) >= 11 is 5.77. The summed E-state index contributed by atoms with van der Waals surface area (Å²) < 4.78 is 37.7. The van der Waals surface area contributed by atoms with Gasteiger partial charge in [0.25, 0.3) is 0 Å². The van der Waals surface area contributed by atoms with E-state index in [0.29, 0.717) is 11.0 Å². The van der Waals surface area contributed by atoms with Gasteiger partial charge in [0.1, 0.15) is 11.0 Å². The third-order valence-electron chi connectivity index (χ3n) is 3.97. The van der Waals surface area contributed by atoms with Gasteiger partial charge in [-0.2, -0.15) is 13.2 Å². The summed E-state index contributed by atoms with van der Waals surface area (Å²) in [6, 6.07) is 6.22. The number of nitrogens with zero attached hydrogens (tertiary/aromatic N) is 4. The number of anilines is 1. The Kier molecular flexibility index (Phi) is 4.91. The van der Waals surface area contributed by atoms with E-state index in [-0.39, 0.29) is 0 Å². The molecule has 0 atom stereocenters. The summed E-state index contributed by atoms with van der Waals surface area (Å²) in [6.07, 6.45) is -1.70. The largest absolute Gasteiger partial charge is 0.417 e. The molecule has 0 aromatic carbocycles. The second-order valence-electron chi connectivity index (χ2n) is 5.66. The van der Waals surface area contributed by atoms with Gasteiger partial charge in [-0.15, -0.1) is 0 Å². The van der Waals surface area contributed by atoms with Crippen molar-refractivity contribution < 1.29 is 13.2 Å². The summed E-state index contributed by atoms with van der Waals surface area (Å²) in [7, 11) is 0. The highest BCUT2D eigenvalue weighted by Gasteiger charge is 2.31. The first kappa shape index (κ1) is 17.0. The molecule has 1 aliphatic heterocycles. The van der Waals surface area contributed by atoms with Crippen LogP contribution in [0.2, 0.25) is 5.15 Å². The van der Waals surface area contributed by atoms with E-state index >= 15 is 0 Å². The number of hydrogen-bond acceptors (Lipinski definition) is 4. The van der Waals surface area contributed by atoms with Crippen LogP contribution in [0.1, 0.15) is 11.1 Å². The maximum Gasteiger partial charge on any atom is 0.417 e. The van der Waals surface area contributed by atoms with E-state index in [0.717, 1.165) is 50.6 Å². The van der Waals surface area contributed by atoms with Crippen LogP contribution in [0, 0.1) is 0 Å². The second-order valence-corrected chi connectivity index (χ2v) is 6.04. The molecule has 0 aliphatic carbocycles. The standard InChI is InChI=1S/C16H16ClF3N4/c17-14-3-1-12(9-21-14)11-23-5-7-24(8-6-23)15-4-2-13(10-22-15)16(18,19)20/h1-4,9-10H,5-8,11H2. The van der Waals surface area contributed by atoms with E-state index in [4.69, 9.17) is 11.6 Å². The van der Waals surface area contributed by atoms with Crippen molar-refractivity contribution in [2.45, 2.75) is 12.7 Å². The Morgan fingerprint density at radius 3 is 2.25 bits per heavy atom. The zero-order chi connectivity index (χ0) is 17.2. The summed E-state index contributed by atoms with van der Waals surface area (Å²) in [5.74, 6) is 0.579. The van der Waals surface area contributed by atoms with Gasteiger partial charge in [-0.3, -0.25) is 4.90 Å². The van der Waals surface area contributed by atoms with Crippen LogP contribution in [0.3, 0.4) is 0 Å². The number of pyridine rings is 2. The van der Waals surface area contributed by atoms with Gasteiger partial charge >= 0.3 is 6.18 Å². The Hall–Kier alpha value is -1.86. The summed E-state index contributed by atoms with van der Waals surface area (Å²) in [6.45, 7) is 3.84. The van der Waals surface area contributed by atoms with Crippen molar-refractivity contribution in [2.75, 3.05) is 31.1 Å². The van der Waals surface area contributed by atoms with Crippen LogP contribution in [-0.4, -0.2) is 41.0 Å². The first-order valence-corrected chi connectivity index (χ1v) is 7.90. The van der Waals surface area contributed by atoms with Crippen molar-refractivity contribution in [3.8, 4) is 0 Å². The molecule has 0 radical (unpaired) electrons. The monoisotopic (exact) mass is 356 g/mol. The van der Waals surface area contributed by atoms with Crippen LogP contribution in [0.4, 0.5) is 19.0 Å². The van der Waals surface area contributed by atoms with Gasteiger partial charge in [-0.05, 0) is 23.8 Å². The summed E-state index contributed by atoms with van der Waals surface area (Å²) in [4.78, 5) is 12.3. The third kappa shape index (κ3) is 4.15. The minimum Gasteiger partial charge on any atom is -0.354 e. The van der Waals surface area contributed by atoms with Crippen LogP contribution in [0.15, 0.2) is 36.7 Å². The van der Waals surface area contributed by atoms with Crippen LogP contribution in [0.5, 0.6) is 0 Å². The maximum atomic E-state index is 12.6. The van der Waals surface area contributed by atoms with E-state index in [1.54, 1.807) is 12.3 Å². The molecule has 128 valence electrons. The number of alkyl halides is 3. The van der Waals surface area contributed by atoms with Crippen molar-refractivity contribution in [1.82, 2.24) is 14.9 Å².